The van der Waals surface area contributed by atoms with Gasteiger partial charge in [-0.2, -0.15) is 0 Å². The summed E-state index contributed by atoms with van der Waals surface area (Å²) in [4.78, 5) is 2.62. The minimum atomic E-state index is 0.731. The van der Waals surface area contributed by atoms with Crippen LogP contribution < -0.4 is 10.5 Å². The van der Waals surface area contributed by atoms with E-state index in [1.165, 1.54) is 42.4 Å². The van der Waals surface area contributed by atoms with Gasteiger partial charge in [0.05, 0.1) is 0 Å². The Morgan fingerprint density at radius 1 is 0.719 bits per heavy atom. The number of aryl methyl sites for hydroxylation is 1. The molecule has 3 aromatic rings. The maximum atomic E-state index is 5.96. The molecule has 0 heterocycles. The Morgan fingerprint density at radius 3 is 1.84 bits per heavy atom. The van der Waals surface area contributed by atoms with Crippen molar-refractivity contribution in [2.45, 2.75) is 45.7 Å². The Bertz CT molecular complexity index is 929. The summed E-state index contributed by atoms with van der Waals surface area (Å²) in [6.07, 6.45) is 5.17. The number of nitrogens with two attached hydrogens (primary N) is 1. The maximum absolute atomic E-state index is 5.96. The molecule has 0 radical (unpaired) electrons. The normalized spacial score (nSPS) is 18.6. The molecule has 1 fully saturated rings. The Morgan fingerprint density at radius 2 is 1.25 bits per heavy atom. The molecule has 3 heteroatoms. The van der Waals surface area contributed by atoms with Crippen molar-refractivity contribution in [3.8, 4) is 11.5 Å². The van der Waals surface area contributed by atoms with E-state index in [-0.39, 0.29) is 0 Å². The monoisotopic (exact) mass is 428 g/mol. The number of nitrogens with zero attached hydrogens (tertiary/aromatic N) is 1. The molecule has 0 aliphatic heterocycles. The maximum Gasteiger partial charge on any atom is 0.127 e. The molecular weight excluding hydrogens is 392 g/mol. The topological polar surface area (TPSA) is 38.5 Å². The fraction of sp³-hybridized carbons (Fsp3) is 0.379. The fourth-order valence-corrected chi connectivity index (χ4v) is 4.70. The lowest BCUT2D eigenvalue weighted by Crippen LogP contribution is -2.32. The summed E-state index contributed by atoms with van der Waals surface area (Å²) in [6, 6.07) is 27.5. The van der Waals surface area contributed by atoms with Gasteiger partial charge < -0.3 is 10.5 Å². The smallest absolute Gasteiger partial charge is 0.127 e. The Hall–Kier alpha value is -2.62. The minimum Gasteiger partial charge on any atom is -0.457 e. The van der Waals surface area contributed by atoms with E-state index in [2.05, 4.69) is 60.4 Å². The molecule has 168 valence electrons. The Kier molecular flexibility index (Phi) is 7.97. The lowest BCUT2D eigenvalue weighted by atomic mass is 9.82. The summed E-state index contributed by atoms with van der Waals surface area (Å²) in [5.74, 6) is 3.25. The third kappa shape index (κ3) is 6.69. The van der Waals surface area contributed by atoms with Crippen LogP contribution >= 0.6 is 0 Å². The predicted octanol–water partition coefficient (Wildman–Crippen LogP) is 6.55. The predicted molar refractivity (Wildman–Crippen MR) is 133 cm³/mol. The average molecular weight is 429 g/mol. The number of benzene rings is 3. The minimum absolute atomic E-state index is 0.731. The molecule has 3 nitrogen and oxygen atoms in total. The molecule has 0 saturated heterocycles. The first-order valence-corrected chi connectivity index (χ1v) is 12.0. The van der Waals surface area contributed by atoms with Crippen molar-refractivity contribution in [2.24, 2.45) is 17.6 Å². The molecule has 2 N–H and O–H groups in total. The van der Waals surface area contributed by atoms with E-state index in [0.717, 1.165) is 49.5 Å². The number of hydrogen-bond donors (Lipinski definition) is 1. The molecule has 32 heavy (non-hydrogen) atoms. The summed E-state index contributed by atoms with van der Waals surface area (Å²) in [6.45, 7) is 6.08. The van der Waals surface area contributed by atoms with Crippen LogP contribution in [0, 0.1) is 18.8 Å². The van der Waals surface area contributed by atoms with E-state index in [4.69, 9.17) is 10.5 Å². The average Bonchev–Trinajstić information content (AvgIpc) is 2.83. The molecule has 4 rings (SSSR count). The zero-order valence-electron chi connectivity index (χ0n) is 19.2. The van der Waals surface area contributed by atoms with Crippen molar-refractivity contribution >= 4 is 0 Å². The summed E-state index contributed by atoms with van der Waals surface area (Å²) < 4.78 is 5.96. The molecule has 0 unspecified atom stereocenters. The van der Waals surface area contributed by atoms with Crippen molar-refractivity contribution in [1.29, 1.82) is 0 Å². The highest BCUT2D eigenvalue weighted by Crippen LogP contribution is 2.30. The zero-order chi connectivity index (χ0) is 22.2. The van der Waals surface area contributed by atoms with Crippen LogP contribution in [0.15, 0.2) is 78.9 Å². The van der Waals surface area contributed by atoms with Gasteiger partial charge in [-0.1, -0.05) is 60.2 Å². The van der Waals surface area contributed by atoms with Crippen molar-refractivity contribution in [1.82, 2.24) is 4.90 Å². The number of ether oxygens (including phenoxy) is 1. The first kappa shape index (κ1) is 22.6. The van der Waals surface area contributed by atoms with E-state index in [0.29, 0.717) is 0 Å². The van der Waals surface area contributed by atoms with Gasteiger partial charge in [0.15, 0.2) is 0 Å². The highest BCUT2D eigenvalue weighted by atomic mass is 16.5. The second-order valence-electron chi connectivity index (χ2n) is 9.34. The van der Waals surface area contributed by atoms with Gasteiger partial charge in [0, 0.05) is 19.6 Å². The van der Waals surface area contributed by atoms with Crippen LogP contribution in [0.2, 0.25) is 0 Å². The van der Waals surface area contributed by atoms with Crippen molar-refractivity contribution in [3.63, 3.8) is 0 Å². The van der Waals surface area contributed by atoms with Crippen molar-refractivity contribution in [2.75, 3.05) is 13.1 Å². The summed E-state index contributed by atoms with van der Waals surface area (Å²) in [5, 5.41) is 0. The van der Waals surface area contributed by atoms with E-state index in [9.17, 15) is 0 Å². The molecule has 0 aromatic heterocycles. The van der Waals surface area contributed by atoms with Gasteiger partial charge in [0.25, 0.3) is 0 Å². The van der Waals surface area contributed by atoms with Crippen LogP contribution in [0.1, 0.15) is 42.4 Å². The van der Waals surface area contributed by atoms with Crippen molar-refractivity contribution < 1.29 is 4.74 Å². The van der Waals surface area contributed by atoms with Gasteiger partial charge in [-0.3, -0.25) is 4.90 Å². The van der Waals surface area contributed by atoms with Crippen LogP contribution in [0.25, 0.3) is 0 Å². The lowest BCUT2D eigenvalue weighted by Gasteiger charge is -2.32. The number of rotatable bonds is 9. The quantitative estimate of drug-likeness (QED) is 0.420. The van der Waals surface area contributed by atoms with E-state index in [1.54, 1.807) is 0 Å². The molecule has 1 aliphatic rings. The summed E-state index contributed by atoms with van der Waals surface area (Å²) >= 11 is 0. The van der Waals surface area contributed by atoms with Crippen molar-refractivity contribution in [3.05, 3.63) is 95.6 Å². The Labute approximate surface area is 193 Å². The Balaban J connectivity index is 1.41. The van der Waals surface area contributed by atoms with Gasteiger partial charge in [-0.05, 0) is 86.4 Å². The van der Waals surface area contributed by atoms with E-state index < -0.39 is 0 Å². The summed E-state index contributed by atoms with van der Waals surface area (Å²) in [5.41, 5.74) is 9.93. The molecular formula is C29H36N2O. The zero-order valence-corrected chi connectivity index (χ0v) is 19.2. The summed E-state index contributed by atoms with van der Waals surface area (Å²) in [7, 11) is 0. The van der Waals surface area contributed by atoms with Crippen LogP contribution in [0.4, 0.5) is 0 Å². The molecule has 1 aliphatic carbocycles. The second kappa shape index (κ2) is 11.3. The van der Waals surface area contributed by atoms with Gasteiger partial charge in [0.1, 0.15) is 11.5 Å². The SMILES string of the molecule is Cc1ccc(CN(Cc2ccc(Oc3ccccc3)cc2)CC2CCC(CN)CC2)cc1. The van der Waals surface area contributed by atoms with Crippen LogP contribution in [-0.4, -0.2) is 18.0 Å². The third-order valence-corrected chi connectivity index (χ3v) is 6.65. The number of para-hydroxylation sites is 1. The molecule has 0 amide bonds. The van der Waals surface area contributed by atoms with Crippen LogP contribution in [0.3, 0.4) is 0 Å². The van der Waals surface area contributed by atoms with Gasteiger partial charge in [-0.15, -0.1) is 0 Å². The fourth-order valence-electron chi connectivity index (χ4n) is 4.70. The molecule has 0 bridgehead atoms. The molecule has 3 aromatic carbocycles. The lowest BCUT2D eigenvalue weighted by molar-refractivity contribution is 0.170. The first-order valence-electron chi connectivity index (χ1n) is 12.0. The standard InChI is InChI=1S/C29H36N2O/c1-23-7-9-25(10-8-23)20-31(21-26-13-11-24(19-30)12-14-26)22-27-15-17-29(18-16-27)32-28-5-3-2-4-6-28/h2-10,15-18,24,26H,11-14,19-22,30H2,1H3. The highest BCUT2D eigenvalue weighted by molar-refractivity contribution is 5.33. The molecule has 0 atom stereocenters. The molecule has 0 spiro atoms. The third-order valence-electron chi connectivity index (χ3n) is 6.65. The van der Waals surface area contributed by atoms with Crippen LogP contribution in [-0.2, 0) is 13.1 Å². The second-order valence-corrected chi connectivity index (χ2v) is 9.34. The largest absolute Gasteiger partial charge is 0.457 e. The molecule has 1 saturated carbocycles. The highest BCUT2D eigenvalue weighted by Gasteiger charge is 2.22. The van der Waals surface area contributed by atoms with Gasteiger partial charge in [0.2, 0.25) is 0 Å². The number of hydrogen-bond acceptors (Lipinski definition) is 3. The van der Waals surface area contributed by atoms with Crippen LogP contribution in [0.5, 0.6) is 11.5 Å². The van der Waals surface area contributed by atoms with E-state index >= 15 is 0 Å². The van der Waals surface area contributed by atoms with Gasteiger partial charge >= 0.3 is 0 Å². The van der Waals surface area contributed by atoms with Gasteiger partial charge in [-0.25, -0.2) is 0 Å². The van der Waals surface area contributed by atoms with E-state index in [1.807, 2.05) is 30.3 Å². The first-order chi connectivity index (χ1) is 15.7.